The van der Waals surface area contributed by atoms with Crippen LogP contribution in [0.25, 0.3) is 21.1 Å². The van der Waals surface area contributed by atoms with Gasteiger partial charge >= 0.3 is 0 Å². The Morgan fingerprint density at radius 1 is 0.696 bits per heavy atom. The molecule has 1 heterocycles. The summed E-state index contributed by atoms with van der Waals surface area (Å²) < 4.78 is 0. The third kappa shape index (κ3) is 3.68. The molecule has 3 rings (SSSR count). The average Bonchev–Trinajstić information content (AvgIpc) is 3.07. The minimum atomic E-state index is 0.922. The molecule has 118 valence electrons. The predicted octanol–water partition coefficient (Wildman–Crippen LogP) is 4.74. The Bertz CT molecular complexity index is 683. The van der Waals surface area contributed by atoms with Gasteiger partial charge in [-0.3, -0.25) is 0 Å². The van der Waals surface area contributed by atoms with Crippen molar-refractivity contribution in [2.75, 3.05) is 23.7 Å². The van der Waals surface area contributed by atoms with E-state index in [1.165, 1.54) is 0 Å². The van der Waals surface area contributed by atoms with E-state index in [2.05, 4.69) is 83.2 Å². The maximum Gasteiger partial charge on any atom is 0.148 e. The topological polar surface area (TPSA) is 49.8 Å². The fourth-order valence-corrected chi connectivity index (χ4v) is 3.18. The molecule has 0 radical (unpaired) electrons. The molecule has 0 unspecified atom stereocenters. The first-order valence-electron chi connectivity index (χ1n) is 7.82. The van der Waals surface area contributed by atoms with Gasteiger partial charge in [-0.15, -0.1) is 10.2 Å². The zero-order valence-electron chi connectivity index (χ0n) is 13.3. The van der Waals surface area contributed by atoms with Crippen LogP contribution in [0.4, 0.5) is 11.4 Å². The van der Waals surface area contributed by atoms with E-state index in [9.17, 15) is 0 Å². The first-order valence-corrected chi connectivity index (χ1v) is 8.64. The van der Waals surface area contributed by atoms with Crippen LogP contribution < -0.4 is 10.6 Å². The lowest BCUT2D eigenvalue weighted by Crippen LogP contribution is -1.95. The molecule has 1 aromatic heterocycles. The first kappa shape index (κ1) is 15.5. The van der Waals surface area contributed by atoms with Gasteiger partial charge in [-0.2, -0.15) is 0 Å². The van der Waals surface area contributed by atoms with E-state index in [0.29, 0.717) is 0 Å². The fraction of sp³-hybridized carbons (Fsp3) is 0.222. The highest BCUT2D eigenvalue weighted by Crippen LogP contribution is 2.31. The minimum Gasteiger partial charge on any atom is -0.385 e. The largest absolute Gasteiger partial charge is 0.385 e. The second-order valence-electron chi connectivity index (χ2n) is 5.13. The van der Waals surface area contributed by atoms with E-state index >= 15 is 0 Å². The molecule has 2 aromatic carbocycles. The molecule has 4 nitrogen and oxygen atoms in total. The summed E-state index contributed by atoms with van der Waals surface area (Å²) in [4.78, 5) is 0. The maximum atomic E-state index is 4.33. The Kier molecular flexibility index (Phi) is 4.88. The molecule has 0 aliphatic rings. The molecular weight excluding hydrogens is 304 g/mol. The van der Waals surface area contributed by atoms with Gasteiger partial charge in [0.15, 0.2) is 0 Å². The van der Waals surface area contributed by atoms with Gasteiger partial charge in [0.25, 0.3) is 0 Å². The molecule has 0 aliphatic heterocycles. The average molecular weight is 324 g/mol. The van der Waals surface area contributed by atoms with E-state index in [1.807, 2.05) is 0 Å². The highest BCUT2D eigenvalue weighted by atomic mass is 32.1. The highest BCUT2D eigenvalue weighted by Gasteiger charge is 2.08. The summed E-state index contributed by atoms with van der Waals surface area (Å²) >= 11 is 1.61. The number of hydrogen-bond donors (Lipinski definition) is 2. The van der Waals surface area contributed by atoms with Gasteiger partial charge in [-0.05, 0) is 62.4 Å². The number of anilines is 2. The van der Waals surface area contributed by atoms with E-state index in [0.717, 1.165) is 45.6 Å². The van der Waals surface area contributed by atoms with Gasteiger partial charge in [-0.25, -0.2) is 0 Å². The smallest absolute Gasteiger partial charge is 0.148 e. The van der Waals surface area contributed by atoms with Gasteiger partial charge in [0.1, 0.15) is 10.0 Å². The van der Waals surface area contributed by atoms with Crippen LogP contribution in [-0.4, -0.2) is 23.3 Å². The van der Waals surface area contributed by atoms with E-state index in [1.54, 1.807) is 11.3 Å². The van der Waals surface area contributed by atoms with Crippen LogP contribution in [-0.2, 0) is 0 Å². The Morgan fingerprint density at radius 3 is 1.43 bits per heavy atom. The first-order chi connectivity index (χ1) is 11.3. The SMILES string of the molecule is CCNc1ccc(-c2nnc(-c3ccc(NCC)cc3)s2)cc1. The zero-order chi connectivity index (χ0) is 16.1. The molecule has 2 N–H and O–H groups in total. The lowest BCUT2D eigenvalue weighted by Gasteiger charge is -2.03. The van der Waals surface area contributed by atoms with Gasteiger partial charge < -0.3 is 10.6 Å². The van der Waals surface area contributed by atoms with E-state index < -0.39 is 0 Å². The molecule has 0 bridgehead atoms. The van der Waals surface area contributed by atoms with Crippen molar-refractivity contribution >= 4 is 22.7 Å². The molecule has 5 heteroatoms. The monoisotopic (exact) mass is 324 g/mol. The van der Waals surface area contributed by atoms with Crippen LogP contribution in [0.2, 0.25) is 0 Å². The van der Waals surface area contributed by atoms with Gasteiger partial charge in [0.2, 0.25) is 0 Å². The van der Waals surface area contributed by atoms with Crippen LogP contribution in [0.3, 0.4) is 0 Å². The molecule has 0 fully saturated rings. The van der Waals surface area contributed by atoms with Crippen molar-refractivity contribution in [2.24, 2.45) is 0 Å². The number of rotatable bonds is 6. The van der Waals surface area contributed by atoms with Crippen molar-refractivity contribution < 1.29 is 0 Å². The summed E-state index contributed by atoms with van der Waals surface area (Å²) in [5.41, 5.74) is 4.44. The summed E-state index contributed by atoms with van der Waals surface area (Å²) in [6.07, 6.45) is 0. The van der Waals surface area contributed by atoms with Crippen molar-refractivity contribution in [3.63, 3.8) is 0 Å². The number of nitrogens with one attached hydrogen (secondary N) is 2. The van der Waals surface area contributed by atoms with Crippen LogP contribution in [0.15, 0.2) is 48.5 Å². The molecule has 0 amide bonds. The maximum absolute atomic E-state index is 4.33. The number of aromatic nitrogens is 2. The molecule has 3 aromatic rings. The Morgan fingerprint density at radius 2 is 1.09 bits per heavy atom. The van der Waals surface area contributed by atoms with Crippen molar-refractivity contribution in [1.82, 2.24) is 10.2 Å². The third-order valence-corrected chi connectivity index (χ3v) is 4.47. The molecule has 0 saturated carbocycles. The quantitative estimate of drug-likeness (QED) is 0.688. The minimum absolute atomic E-state index is 0.922. The molecule has 23 heavy (non-hydrogen) atoms. The van der Waals surface area contributed by atoms with Crippen molar-refractivity contribution in [1.29, 1.82) is 0 Å². The number of nitrogens with zero attached hydrogens (tertiary/aromatic N) is 2. The fourth-order valence-electron chi connectivity index (χ4n) is 2.33. The van der Waals surface area contributed by atoms with E-state index in [-0.39, 0.29) is 0 Å². The van der Waals surface area contributed by atoms with E-state index in [4.69, 9.17) is 0 Å². The summed E-state index contributed by atoms with van der Waals surface area (Å²) in [7, 11) is 0. The molecular formula is C18H20N4S. The second-order valence-corrected chi connectivity index (χ2v) is 6.11. The Hall–Kier alpha value is -2.40. The normalized spacial score (nSPS) is 10.5. The van der Waals surface area contributed by atoms with Gasteiger partial charge in [-0.1, -0.05) is 11.3 Å². The molecule has 0 atom stereocenters. The summed E-state index contributed by atoms with van der Waals surface area (Å²) in [5, 5.41) is 17.1. The lowest BCUT2D eigenvalue weighted by atomic mass is 10.2. The van der Waals surface area contributed by atoms with Crippen molar-refractivity contribution in [2.45, 2.75) is 13.8 Å². The number of benzene rings is 2. The Labute approximate surface area is 140 Å². The summed E-state index contributed by atoms with van der Waals surface area (Å²) in [6.45, 7) is 6.02. The van der Waals surface area contributed by atoms with Crippen LogP contribution in [0, 0.1) is 0 Å². The lowest BCUT2D eigenvalue weighted by molar-refractivity contribution is 1.10. The summed E-state index contributed by atoms with van der Waals surface area (Å²) in [5.74, 6) is 0. The molecule has 0 saturated heterocycles. The van der Waals surface area contributed by atoms with Crippen LogP contribution in [0.1, 0.15) is 13.8 Å². The van der Waals surface area contributed by atoms with Gasteiger partial charge in [0, 0.05) is 35.6 Å². The summed E-state index contributed by atoms with van der Waals surface area (Å²) in [6, 6.07) is 16.6. The standard InChI is InChI=1S/C18H20N4S/c1-3-19-15-9-5-13(6-10-15)17-21-22-18(23-17)14-7-11-16(12-8-14)20-4-2/h5-12,19-20H,3-4H2,1-2H3. The van der Waals surface area contributed by atoms with Crippen LogP contribution in [0.5, 0.6) is 0 Å². The number of hydrogen-bond acceptors (Lipinski definition) is 5. The van der Waals surface area contributed by atoms with Crippen molar-refractivity contribution in [3.05, 3.63) is 48.5 Å². The molecule has 0 spiro atoms. The second kappa shape index (κ2) is 7.24. The Balaban J connectivity index is 1.79. The van der Waals surface area contributed by atoms with Crippen LogP contribution >= 0.6 is 11.3 Å². The third-order valence-electron chi connectivity index (χ3n) is 3.45. The zero-order valence-corrected chi connectivity index (χ0v) is 14.2. The van der Waals surface area contributed by atoms with Crippen molar-refractivity contribution in [3.8, 4) is 21.1 Å². The predicted molar refractivity (Wildman–Crippen MR) is 99.1 cm³/mol. The van der Waals surface area contributed by atoms with Gasteiger partial charge in [0.05, 0.1) is 0 Å². The highest BCUT2D eigenvalue weighted by molar-refractivity contribution is 7.17. The molecule has 0 aliphatic carbocycles.